The Bertz CT molecular complexity index is 520. The van der Waals surface area contributed by atoms with Gasteiger partial charge in [-0.3, -0.25) is 4.79 Å². The Morgan fingerprint density at radius 1 is 1.47 bits per heavy atom. The summed E-state index contributed by atoms with van der Waals surface area (Å²) < 4.78 is 0. The highest BCUT2D eigenvalue weighted by atomic mass is 32.1. The predicted molar refractivity (Wildman–Crippen MR) is 72.3 cm³/mol. The summed E-state index contributed by atoms with van der Waals surface area (Å²) in [5, 5.41) is 12.6. The lowest BCUT2D eigenvalue weighted by Crippen LogP contribution is -2.44. The van der Waals surface area contributed by atoms with Gasteiger partial charge in [0.15, 0.2) is 0 Å². The highest BCUT2D eigenvalue weighted by Gasteiger charge is 2.39. The average Bonchev–Trinajstić information content (AvgIpc) is 2.68. The topological polar surface area (TPSA) is 79.3 Å². The molecule has 0 aromatic carbocycles. The lowest BCUT2D eigenvalue weighted by atomic mass is 9.70. The van der Waals surface area contributed by atoms with E-state index in [4.69, 9.17) is 5.11 Å². The number of carbonyl (C=O) groups excluding carboxylic acids is 1. The highest BCUT2D eigenvalue weighted by Crippen LogP contribution is 2.40. The number of carbonyl (C=O) groups is 2. The summed E-state index contributed by atoms with van der Waals surface area (Å²) in [4.78, 5) is 27.6. The summed E-state index contributed by atoms with van der Waals surface area (Å²) in [7, 11) is 0. The molecule has 1 aromatic rings. The number of aromatic nitrogens is 1. The Balaban J connectivity index is 2.07. The lowest BCUT2D eigenvalue weighted by Gasteiger charge is -2.37. The molecule has 0 bridgehead atoms. The summed E-state index contributed by atoms with van der Waals surface area (Å²) in [6, 6.07) is -0.248. The zero-order chi connectivity index (χ0) is 14.2. The molecule has 1 fully saturated rings. The summed E-state index contributed by atoms with van der Waals surface area (Å²) in [6.45, 7) is 5.48. The molecule has 1 aliphatic carbocycles. The van der Waals surface area contributed by atoms with Crippen molar-refractivity contribution in [3.63, 3.8) is 0 Å². The molecule has 1 aromatic heterocycles. The van der Waals surface area contributed by atoms with E-state index in [1.54, 1.807) is 6.92 Å². The van der Waals surface area contributed by atoms with Gasteiger partial charge < -0.3 is 10.4 Å². The third kappa shape index (κ3) is 2.63. The second-order valence-electron chi connectivity index (χ2n) is 5.38. The molecule has 1 heterocycles. The van der Waals surface area contributed by atoms with Crippen LogP contribution in [0, 0.1) is 12.3 Å². The largest absolute Gasteiger partial charge is 0.477 e. The highest BCUT2D eigenvalue weighted by molar-refractivity contribution is 7.13. The molecule has 0 saturated heterocycles. The van der Waals surface area contributed by atoms with E-state index in [0.717, 1.165) is 30.6 Å². The molecule has 104 valence electrons. The molecule has 2 N–H and O–H groups in total. The first-order valence-corrected chi connectivity index (χ1v) is 7.17. The smallest absolute Gasteiger partial charge is 0.347 e. The van der Waals surface area contributed by atoms with Crippen molar-refractivity contribution in [3.05, 3.63) is 15.6 Å². The van der Waals surface area contributed by atoms with Crippen molar-refractivity contribution in [2.45, 2.75) is 46.1 Å². The van der Waals surface area contributed by atoms with Crippen LogP contribution in [0.1, 0.15) is 59.5 Å². The number of aromatic carboxylic acids is 1. The van der Waals surface area contributed by atoms with Crippen LogP contribution in [0.5, 0.6) is 0 Å². The lowest BCUT2D eigenvalue weighted by molar-refractivity contribution is -0.135. The molecule has 1 atom stereocenters. The Labute approximate surface area is 116 Å². The molecule has 1 saturated carbocycles. The van der Waals surface area contributed by atoms with Crippen LogP contribution in [-0.2, 0) is 4.79 Å². The van der Waals surface area contributed by atoms with Gasteiger partial charge in [0, 0.05) is 5.41 Å². The minimum absolute atomic E-state index is 0.0379. The van der Waals surface area contributed by atoms with E-state index in [9.17, 15) is 9.59 Å². The molecular formula is C13H18N2O3S. The first-order valence-electron chi connectivity index (χ1n) is 6.35. The van der Waals surface area contributed by atoms with E-state index in [1.165, 1.54) is 0 Å². The number of carboxylic acids is 1. The van der Waals surface area contributed by atoms with E-state index in [-0.39, 0.29) is 22.2 Å². The number of carboxylic acid groups (broad SMARTS) is 1. The molecule has 5 nitrogen and oxygen atoms in total. The zero-order valence-corrected chi connectivity index (χ0v) is 12.1. The quantitative estimate of drug-likeness (QED) is 0.889. The van der Waals surface area contributed by atoms with Crippen molar-refractivity contribution in [2.24, 2.45) is 5.41 Å². The van der Waals surface area contributed by atoms with Crippen LogP contribution in [0.15, 0.2) is 0 Å². The first kappa shape index (κ1) is 14.0. The molecule has 0 spiro atoms. The van der Waals surface area contributed by atoms with E-state index >= 15 is 0 Å². The number of aryl methyl sites for hydroxylation is 1. The van der Waals surface area contributed by atoms with Crippen LogP contribution in [0.2, 0.25) is 0 Å². The third-order valence-electron chi connectivity index (χ3n) is 3.73. The molecule has 19 heavy (non-hydrogen) atoms. The zero-order valence-electron chi connectivity index (χ0n) is 11.3. The van der Waals surface area contributed by atoms with E-state index in [1.807, 2.05) is 13.8 Å². The monoisotopic (exact) mass is 282 g/mol. The van der Waals surface area contributed by atoms with Gasteiger partial charge in [-0.25, -0.2) is 9.78 Å². The van der Waals surface area contributed by atoms with Gasteiger partial charge in [-0.1, -0.05) is 13.3 Å². The van der Waals surface area contributed by atoms with Crippen LogP contribution in [-0.4, -0.2) is 22.0 Å². The second kappa shape index (κ2) is 4.92. The van der Waals surface area contributed by atoms with Crippen LogP contribution < -0.4 is 5.32 Å². The fourth-order valence-electron chi connectivity index (χ4n) is 2.17. The number of hydrogen-bond donors (Lipinski definition) is 2. The van der Waals surface area contributed by atoms with E-state index < -0.39 is 5.97 Å². The first-order chi connectivity index (χ1) is 8.83. The molecule has 1 aliphatic rings. The van der Waals surface area contributed by atoms with Gasteiger partial charge in [0.1, 0.15) is 9.88 Å². The summed E-state index contributed by atoms with van der Waals surface area (Å²) in [5.74, 6) is -0.929. The molecule has 2 rings (SSSR count). The molecule has 6 heteroatoms. The summed E-state index contributed by atoms with van der Waals surface area (Å²) in [5.41, 5.74) is 0.249. The molecule has 1 unspecified atom stereocenters. The molecule has 0 radical (unpaired) electrons. The SMILES string of the molecule is Cc1nc(C(C)NC(=O)C2(C)CCC2)sc1C(=O)O. The normalized spacial score (nSPS) is 18.5. The number of nitrogens with one attached hydrogen (secondary N) is 1. The van der Waals surface area contributed by atoms with Gasteiger partial charge in [0.05, 0.1) is 11.7 Å². The Hall–Kier alpha value is -1.43. The van der Waals surface area contributed by atoms with Crippen molar-refractivity contribution in [1.82, 2.24) is 10.3 Å². The second-order valence-corrected chi connectivity index (χ2v) is 6.41. The summed E-state index contributed by atoms with van der Waals surface area (Å²) in [6.07, 6.45) is 2.93. The van der Waals surface area contributed by atoms with Gasteiger partial charge in [0.25, 0.3) is 0 Å². The Morgan fingerprint density at radius 2 is 2.11 bits per heavy atom. The van der Waals surface area contributed by atoms with Crippen LogP contribution >= 0.6 is 11.3 Å². The predicted octanol–water partition coefficient (Wildman–Crippen LogP) is 2.52. The van der Waals surface area contributed by atoms with Gasteiger partial charge >= 0.3 is 5.97 Å². The maximum absolute atomic E-state index is 12.1. The van der Waals surface area contributed by atoms with E-state index in [0.29, 0.717) is 10.7 Å². The molecule has 1 amide bonds. The minimum atomic E-state index is -0.967. The fourth-order valence-corrected chi connectivity index (χ4v) is 3.08. The van der Waals surface area contributed by atoms with Crippen molar-refractivity contribution in [3.8, 4) is 0 Å². The summed E-state index contributed by atoms with van der Waals surface area (Å²) >= 11 is 1.13. The molecular weight excluding hydrogens is 264 g/mol. The molecule has 0 aliphatic heterocycles. The average molecular weight is 282 g/mol. The maximum atomic E-state index is 12.1. The number of thiazole rings is 1. The van der Waals surface area contributed by atoms with Crippen molar-refractivity contribution in [2.75, 3.05) is 0 Å². The van der Waals surface area contributed by atoms with Crippen molar-refractivity contribution < 1.29 is 14.7 Å². The maximum Gasteiger partial charge on any atom is 0.347 e. The fraction of sp³-hybridized carbons (Fsp3) is 0.615. The van der Waals surface area contributed by atoms with Gasteiger partial charge in [-0.05, 0) is 26.7 Å². The Morgan fingerprint density at radius 3 is 2.53 bits per heavy atom. The minimum Gasteiger partial charge on any atom is -0.477 e. The van der Waals surface area contributed by atoms with Crippen LogP contribution in [0.25, 0.3) is 0 Å². The number of rotatable bonds is 4. The Kier molecular flexibility index (Phi) is 3.62. The standard InChI is InChI=1S/C13H18N2O3S/c1-7-9(11(16)17)19-10(14-7)8(2)15-12(18)13(3)5-4-6-13/h8H,4-6H2,1-3H3,(H,15,18)(H,16,17). The number of hydrogen-bond acceptors (Lipinski definition) is 4. The number of nitrogens with zero attached hydrogens (tertiary/aromatic N) is 1. The van der Waals surface area contributed by atoms with Gasteiger partial charge in [0.2, 0.25) is 5.91 Å². The van der Waals surface area contributed by atoms with Crippen LogP contribution in [0.3, 0.4) is 0 Å². The third-order valence-corrected chi connectivity index (χ3v) is 5.06. The van der Waals surface area contributed by atoms with Gasteiger partial charge in [-0.15, -0.1) is 11.3 Å². The number of amides is 1. The van der Waals surface area contributed by atoms with Crippen molar-refractivity contribution in [1.29, 1.82) is 0 Å². The van der Waals surface area contributed by atoms with E-state index in [2.05, 4.69) is 10.3 Å². The van der Waals surface area contributed by atoms with Crippen molar-refractivity contribution >= 4 is 23.2 Å². The van der Waals surface area contributed by atoms with Gasteiger partial charge in [-0.2, -0.15) is 0 Å². The van der Waals surface area contributed by atoms with Crippen LogP contribution in [0.4, 0.5) is 0 Å².